The summed E-state index contributed by atoms with van der Waals surface area (Å²) in [6, 6.07) is 8.28. The van der Waals surface area contributed by atoms with Crippen molar-refractivity contribution in [1.82, 2.24) is 5.32 Å². The van der Waals surface area contributed by atoms with Gasteiger partial charge in [-0.3, -0.25) is 0 Å². The van der Waals surface area contributed by atoms with E-state index in [4.69, 9.17) is 4.74 Å². The molecule has 0 heterocycles. The summed E-state index contributed by atoms with van der Waals surface area (Å²) in [7, 11) is 1.71. The molecular weight excluding hydrogens is 222 g/mol. The van der Waals surface area contributed by atoms with E-state index < -0.39 is 0 Å². The Morgan fingerprint density at radius 1 is 1.33 bits per heavy atom. The first-order valence-corrected chi connectivity index (χ1v) is 6.75. The van der Waals surface area contributed by atoms with Crippen LogP contribution in [0.1, 0.15) is 32.3 Å². The molecule has 2 heteroatoms. The van der Waals surface area contributed by atoms with E-state index in [-0.39, 0.29) is 0 Å². The Morgan fingerprint density at radius 2 is 2.17 bits per heavy atom. The van der Waals surface area contributed by atoms with Crippen molar-refractivity contribution in [2.45, 2.75) is 33.1 Å². The minimum Gasteiger partial charge on any atom is -0.497 e. The molecule has 0 fully saturated rings. The molecule has 0 saturated heterocycles. The molecule has 18 heavy (non-hydrogen) atoms. The molecule has 100 valence electrons. The lowest BCUT2D eigenvalue weighted by atomic mass is 10.1. The van der Waals surface area contributed by atoms with Crippen LogP contribution < -0.4 is 10.1 Å². The maximum Gasteiger partial charge on any atom is 0.119 e. The van der Waals surface area contributed by atoms with Crippen molar-refractivity contribution in [3.8, 4) is 5.75 Å². The lowest BCUT2D eigenvalue weighted by molar-refractivity contribution is 0.414. The molecule has 0 radical (unpaired) electrons. The van der Waals surface area contributed by atoms with Crippen LogP contribution in [-0.4, -0.2) is 20.2 Å². The van der Waals surface area contributed by atoms with Crippen LogP contribution in [0.5, 0.6) is 5.75 Å². The van der Waals surface area contributed by atoms with E-state index in [1.807, 2.05) is 12.1 Å². The van der Waals surface area contributed by atoms with Crippen LogP contribution in [0.2, 0.25) is 0 Å². The van der Waals surface area contributed by atoms with Crippen molar-refractivity contribution < 1.29 is 4.74 Å². The second-order valence-electron chi connectivity index (χ2n) is 4.62. The van der Waals surface area contributed by atoms with Crippen LogP contribution in [0.25, 0.3) is 0 Å². The fraction of sp³-hybridized carbons (Fsp3) is 0.500. The molecule has 1 rings (SSSR count). The second kappa shape index (κ2) is 8.76. The van der Waals surface area contributed by atoms with Crippen molar-refractivity contribution in [3.63, 3.8) is 0 Å². The average Bonchev–Trinajstić information content (AvgIpc) is 2.38. The molecule has 0 bridgehead atoms. The largest absolute Gasteiger partial charge is 0.497 e. The van der Waals surface area contributed by atoms with E-state index in [9.17, 15) is 0 Å². The number of hydrogen-bond acceptors (Lipinski definition) is 2. The van der Waals surface area contributed by atoms with Gasteiger partial charge in [0, 0.05) is 0 Å². The molecule has 0 aliphatic carbocycles. The van der Waals surface area contributed by atoms with Gasteiger partial charge in [-0.25, -0.2) is 0 Å². The van der Waals surface area contributed by atoms with Gasteiger partial charge in [0.15, 0.2) is 0 Å². The molecular formula is C16H25NO. The Morgan fingerprint density at radius 3 is 2.89 bits per heavy atom. The molecule has 1 N–H and O–H groups in total. The maximum absolute atomic E-state index is 5.23. The molecule has 0 aliphatic rings. The van der Waals surface area contributed by atoms with Crippen LogP contribution in [0.4, 0.5) is 0 Å². The standard InChI is InChI=1S/C16H25NO/c1-4-10-17-11-6-7-14(2)12-15-8-5-9-16(13-15)18-3/h5,7-9,13,17H,4,6,10-12H2,1-3H3. The van der Waals surface area contributed by atoms with Crippen molar-refractivity contribution in [2.75, 3.05) is 20.2 Å². The number of nitrogens with one attached hydrogen (secondary N) is 1. The first kappa shape index (κ1) is 14.8. The number of ether oxygens (including phenoxy) is 1. The van der Waals surface area contributed by atoms with Gasteiger partial charge in [0.1, 0.15) is 5.75 Å². The molecule has 0 saturated carbocycles. The summed E-state index contributed by atoms with van der Waals surface area (Å²) in [5.74, 6) is 0.935. The first-order chi connectivity index (χ1) is 8.76. The highest BCUT2D eigenvalue weighted by molar-refractivity contribution is 5.30. The quantitative estimate of drug-likeness (QED) is 0.560. The van der Waals surface area contributed by atoms with Crippen LogP contribution >= 0.6 is 0 Å². The molecule has 2 nitrogen and oxygen atoms in total. The number of benzene rings is 1. The zero-order valence-electron chi connectivity index (χ0n) is 11.8. The van der Waals surface area contributed by atoms with Gasteiger partial charge in [-0.05, 0) is 57.0 Å². The monoisotopic (exact) mass is 247 g/mol. The average molecular weight is 247 g/mol. The summed E-state index contributed by atoms with van der Waals surface area (Å²) in [5.41, 5.74) is 2.73. The van der Waals surface area contributed by atoms with E-state index in [0.29, 0.717) is 0 Å². The van der Waals surface area contributed by atoms with Crippen molar-refractivity contribution in [3.05, 3.63) is 41.5 Å². The normalized spacial score (nSPS) is 11.6. The predicted molar refractivity (Wildman–Crippen MR) is 78.2 cm³/mol. The lowest BCUT2D eigenvalue weighted by Gasteiger charge is -2.05. The van der Waals surface area contributed by atoms with Gasteiger partial charge in [0.25, 0.3) is 0 Å². The van der Waals surface area contributed by atoms with Crippen molar-refractivity contribution in [2.24, 2.45) is 0 Å². The highest BCUT2D eigenvalue weighted by Crippen LogP contribution is 2.15. The summed E-state index contributed by atoms with van der Waals surface area (Å²) >= 11 is 0. The van der Waals surface area contributed by atoms with Crippen LogP contribution in [-0.2, 0) is 6.42 Å². The summed E-state index contributed by atoms with van der Waals surface area (Å²) in [5, 5.41) is 3.41. The van der Waals surface area contributed by atoms with Gasteiger partial charge in [0.05, 0.1) is 7.11 Å². The number of hydrogen-bond donors (Lipinski definition) is 1. The smallest absolute Gasteiger partial charge is 0.119 e. The fourth-order valence-corrected chi connectivity index (χ4v) is 1.90. The Kier molecular flexibility index (Phi) is 7.19. The molecule has 1 aromatic carbocycles. The number of rotatable bonds is 8. The fourth-order valence-electron chi connectivity index (χ4n) is 1.90. The van der Waals surface area contributed by atoms with E-state index in [0.717, 1.165) is 31.7 Å². The van der Waals surface area contributed by atoms with E-state index in [1.54, 1.807) is 7.11 Å². The highest BCUT2D eigenvalue weighted by atomic mass is 16.5. The van der Waals surface area contributed by atoms with Gasteiger partial charge in [-0.1, -0.05) is 30.7 Å². The number of allylic oxidation sites excluding steroid dienone is 1. The van der Waals surface area contributed by atoms with E-state index in [1.165, 1.54) is 17.6 Å². The molecule has 0 unspecified atom stereocenters. The molecule has 0 aromatic heterocycles. The SMILES string of the molecule is CCCNCCC=C(C)Cc1cccc(OC)c1. The van der Waals surface area contributed by atoms with Crippen molar-refractivity contribution in [1.29, 1.82) is 0 Å². The number of methoxy groups -OCH3 is 1. The minimum absolute atomic E-state index is 0.935. The van der Waals surface area contributed by atoms with Crippen LogP contribution in [0.3, 0.4) is 0 Å². The van der Waals surface area contributed by atoms with Gasteiger partial charge in [0.2, 0.25) is 0 Å². The first-order valence-electron chi connectivity index (χ1n) is 6.75. The topological polar surface area (TPSA) is 21.3 Å². The van der Waals surface area contributed by atoms with Crippen molar-refractivity contribution >= 4 is 0 Å². The molecule has 0 spiro atoms. The predicted octanol–water partition coefficient (Wildman–Crippen LogP) is 3.57. The lowest BCUT2D eigenvalue weighted by Crippen LogP contribution is -2.15. The third kappa shape index (κ3) is 5.87. The van der Waals surface area contributed by atoms with E-state index >= 15 is 0 Å². The van der Waals surface area contributed by atoms with Gasteiger partial charge in [-0.2, -0.15) is 0 Å². The van der Waals surface area contributed by atoms with Gasteiger partial charge in [-0.15, -0.1) is 0 Å². The zero-order chi connectivity index (χ0) is 13.2. The third-order valence-corrected chi connectivity index (χ3v) is 2.86. The summed E-state index contributed by atoms with van der Waals surface area (Å²) in [6.45, 7) is 6.57. The summed E-state index contributed by atoms with van der Waals surface area (Å²) in [4.78, 5) is 0. The van der Waals surface area contributed by atoms with Crippen LogP contribution in [0, 0.1) is 0 Å². The summed E-state index contributed by atoms with van der Waals surface area (Å²) < 4.78 is 5.23. The van der Waals surface area contributed by atoms with Crippen LogP contribution in [0.15, 0.2) is 35.9 Å². The minimum atomic E-state index is 0.935. The highest BCUT2D eigenvalue weighted by Gasteiger charge is 1.97. The van der Waals surface area contributed by atoms with Gasteiger partial charge >= 0.3 is 0 Å². The zero-order valence-corrected chi connectivity index (χ0v) is 11.8. The second-order valence-corrected chi connectivity index (χ2v) is 4.62. The molecule has 0 aliphatic heterocycles. The Labute approximate surface area is 111 Å². The third-order valence-electron chi connectivity index (χ3n) is 2.86. The van der Waals surface area contributed by atoms with E-state index in [2.05, 4.69) is 37.4 Å². The molecule has 0 amide bonds. The molecule has 0 atom stereocenters. The Balaban J connectivity index is 2.38. The van der Waals surface area contributed by atoms with Gasteiger partial charge < -0.3 is 10.1 Å². The molecule has 1 aromatic rings. The maximum atomic E-state index is 5.23. The summed E-state index contributed by atoms with van der Waals surface area (Å²) in [6.07, 6.45) is 5.63. The Hall–Kier alpha value is -1.28. The Bertz CT molecular complexity index is 371.